The zero-order chi connectivity index (χ0) is 13.0. The van der Waals surface area contributed by atoms with E-state index in [1.165, 1.54) is 16.7 Å². The van der Waals surface area contributed by atoms with E-state index in [0.717, 1.165) is 12.2 Å². The van der Waals surface area contributed by atoms with E-state index < -0.39 is 0 Å². The number of nitrogens with one attached hydrogen (secondary N) is 1. The van der Waals surface area contributed by atoms with Crippen LogP contribution in [0.3, 0.4) is 0 Å². The van der Waals surface area contributed by atoms with E-state index in [9.17, 15) is 0 Å². The summed E-state index contributed by atoms with van der Waals surface area (Å²) in [5, 5.41) is 3.53. The Hall–Kier alpha value is -1.02. The molecule has 1 N–H and O–H groups in total. The summed E-state index contributed by atoms with van der Waals surface area (Å²) in [6.45, 7) is 10.8. The van der Waals surface area contributed by atoms with Crippen molar-refractivity contribution >= 4 is 0 Å². The molecule has 0 bridgehead atoms. The fraction of sp³-hybridized carbons (Fsp3) is 0.600. The van der Waals surface area contributed by atoms with E-state index in [1.54, 1.807) is 7.11 Å². The summed E-state index contributed by atoms with van der Waals surface area (Å²) in [4.78, 5) is 0. The van der Waals surface area contributed by atoms with Gasteiger partial charge in [-0.1, -0.05) is 31.5 Å². The predicted octanol–water partition coefficient (Wildman–Crippen LogP) is 3.24. The van der Waals surface area contributed by atoms with Crippen molar-refractivity contribution in [1.82, 2.24) is 5.32 Å². The van der Waals surface area contributed by atoms with Gasteiger partial charge in [0.2, 0.25) is 0 Å². The van der Waals surface area contributed by atoms with Gasteiger partial charge in [-0.15, -0.1) is 0 Å². The van der Waals surface area contributed by atoms with Gasteiger partial charge in [0.05, 0.1) is 7.11 Å². The summed E-state index contributed by atoms with van der Waals surface area (Å²) in [5.74, 6) is 1.04. The quantitative estimate of drug-likeness (QED) is 0.846. The van der Waals surface area contributed by atoms with Gasteiger partial charge in [0.1, 0.15) is 5.75 Å². The molecule has 1 aromatic rings. The lowest BCUT2D eigenvalue weighted by Crippen LogP contribution is -2.34. The minimum Gasteiger partial charge on any atom is -0.496 e. The number of hydrogen-bond acceptors (Lipinski definition) is 2. The van der Waals surface area contributed by atoms with Crippen LogP contribution in [-0.4, -0.2) is 19.2 Å². The summed E-state index contributed by atoms with van der Waals surface area (Å²) < 4.78 is 5.51. The summed E-state index contributed by atoms with van der Waals surface area (Å²) >= 11 is 0. The highest BCUT2D eigenvalue weighted by atomic mass is 16.5. The summed E-state index contributed by atoms with van der Waals surface area (Å²) in [6, 6.07) is 5.37. The molecule has 0 radical (unpaired) electrons. The molecule has 0 aliphatic heterocycles. The highest BCUT2D eigenvalue weighted by molar-refractivity contribution is 5.44. The first-order chi connectivity index (χ1) is 7.93. The molecule has 1 rings (SSSR count). The smallest absolute Gasteiger partial charge is 0.125 e. The Morgan fingerprint density at radius 3 is 2.35 bits per heavy atom. The van der Waals surface area contributed by atoms with Crippen molar-refractivity contribution in [1.29, 1.82) is 0 Å². The third-order valence-corrected chi connectivity index (χ3v) is 2.84. The molecule has 0 saturated heterocycles. The molecule has 0 spiro atoms. The molecule has 1 atom stereocenters. The summed E-state index contributed by atoms with van der Waals surface area (Å²) in [5.41, 5.74) is 3.82. The van der Waals surface area contributed by atoms with Crippen molar-refractivity contribution in [2.45, 2.75) is 53.1 Å². The van der Waals surface area contributed by atoms with Crippen molar-refractivity contribution in [2.24, 2.45) is 0 Å². The van der Waals surface area contributed by atoms with E-state index in [0.29, 0.717) is 12.1 Å². The van der Waals surface area contributed by atoms with Crippen molar-refractivity contribution in [3.63, 3.8) is 0 Å². The van der Waals surface area contributed by atoms with E-state index in [-0.39, 0.29) is 0 Å². The molecule has 2 heteroatoms. The molecule has 0 fully saturated rings. The van der Waals surface area contributed by atoms with Gasteiger partial charge in [0.25, 0.3) is 0 Å². The van der Waals surface area contributed by atoms with Crippen LogP contribution in [0.1, 0.15) is 37.5 Å². The van der Waals surface area contributed by atoms with Gasteiger partial charge in [-0.05, 0) is 38.3 Å². The third-order valence-electron chi connectivity index (χ3n) is 2.84. The van der Waals surface area contributed by atoms with Crippen LogP contribution >= 0.6 is 0 Å². The largest absolute Gasteiger partial charge is 0.496 e. The SMILES string of the molecule is COc1c(C)cc(C)cc1CC(C)NC(C)C. The maximum atomic E-state index is 5.51. The van der Waals surface area contributed by atoms with Crippen LogP contribution in [-0.2, 0) is 6.42 Å². The maximum absolute atomic E-state index is 5.51. The van der Waals surface area contributed by atoms with Crippen molar-refractivity contribution in [2.75, 3.05) is 7.11 Å². The first kappa shape index (κ1) is 14.0. The molecule has 2 nitrogen and oxygen atoms in total. The van der Waals surface area contributed by atoms with Crippen LogP contribution in [0.5, 0.6) is 5.75 Å². The predicted molar refractivity (Wildman–Crippen MR) is 73.9 cm³/mol. The van der Waals surface area contributed by atoms with Crippen molar-refractivity contribution in [3.8, 4) is 5.75 Å². The molecule has 0 aromatic heterocycles. The Morgan fingerprint density at radius 2 is 1.82 bits per heavy atom. The summed E-state index contributed by atoms with van der Waals surface area (Å²) in [7, 11) is 1.75. The Balaban J connectivity index is 2.89. The highest BCUT2D eigenvalue weighted by Gasteiger charge is 2.11. The van der Waals surface area contributed by atoms with E-state index in [4.69, 9.17) is 4.74 Å². The standard InChI is InChI=1S/C15H25NO/c1-10(2)16-13(5)9-14-8-11(3)7-12(4)15(14)17-6/h7-8,10,13,16H,9H2,1-6H3. The zero-order valence-corrected chi connectivity index (χ0v) is 11.9. The number of methoxy groups -OCH3 is 1. The average molecular weight is 235 g/mol. The molecule has 0 amide bonds. The number of rotatable bonds is 5. The molecular weight excluding hydrogens is 210 g/mol. The lowest BCUT2D eigenvalue weighted by atomic mass is 10.00. The third kappa shape index (κ3) is 4.04. The summed E-state index contributed by atoms with van der Waals surface area (Å²) in [6.07, 6.45) is 1.00. The van der Waals surface area contributed by atoms with Crippen LogP contribution in [0.4, 0.5) is 0 Å². The lowest BCUT2D eigenvalue weighted by Gasteiger charge is -2.19. The lowest BCUT2D eigenvalue weighted by molar-refractivity contribution is 0.401. The van der Waals surface area contributed by atoms with Crippen LogP contribution in [0.2, 0.25) is 0 Å². The molecular formula is C15H25NO. The minimum atomic E-state index is 0.463. The van der Waals surface area contributed by atoms with Crippen LogP contribution in [0.15, 0.2) is 12.1 Å². The number of hydrogen-bond donors (Lipinski definition) is 1. The minimum absolute atomic E-state index is 0.463. The van der Waals surface area contributed by atoms with E-state index in [2.05, 4.69) is 52.1 Å². The van der Waals surface area contributed by atoms with E-state index in [1.807, 2.05) is 0 Å². The Morgan fingerprint density at radius 1 is 1.18 bits per heavy atom. The molecule has 1 unspecified atom stereocenters. The van der Waals surface area contributed by atoms with Crippen LogP contribution in [0, 0.1) is 13.8 Å². The van der Waals surface area contributed by atoms with Gasteiger partial charge in [-0.25, -0.2) is 0 Å². The topological polar surface area (TPSA) is 21.3 Å². The van der Waals surface area contributed by atoms with Crippen LogP contribution < -0.4 is 10.1 Å². The molecule has 1 aromatic carbocycles. The number of ether oxygens (including phenoxy) is 1. The van der Waals surface area contributed by atoms with E-state index >= 15 is 0 Å². The van der Waals surface area contributed by atoms with Crippen LogP contribution in [0.25, 0.3) is 0 Å². The fourth-order valence-electron chi connectivity index (χ4n) is 2.44. The second kappa shape index (κ2) is 6.06. The fourth-order valence-corrected chi connectivity index (χ4v) is 2.44. The second-order valence-electron chi connectivity index (χ2n) is 5.20. The molecule has 0 aliphatic carbocycles. The van der Waals surface area contributed by atoms with Crippen molar-refractivity contribution in [3.05, 3.63) is 28.8 Å². The van der Waals surface area contributed by atoms with Gasteiger partial charge in [0, 0.05) is 12.1 Å². The van der Waals surface area contributed by atoms with Gasteiger partial charge < -0.3 is 10.1 Å². The molecule has 17 heavy (non-hydrogen) atoms. The molecule has 0 saturated carbocycles. The molecule has 0 aliphatic rings. The first-order valence-electron chi connectivity index (χ1n) is 6.34. The highest BCUT2D eigenvalue weighted by Crippen LogP contribution is 2.26. The zero-order valence-electron chi connectivity index (χ0n) is 11.9. The first-order valence-corrected chi connectivity index (χ1v) is 6.34. The van der Waals surface area contributed by atoms with Crippen molar-refractivity contribution < 1.29 is 4.74 Å². The second-order valence-corrected chi connectivity index (χ2v) is 5.20. The monoisotopic (exact) mass is 235 g/mol. The Kier molecular flexibility index (Phi) is 5.01. The molecule has 96 valence electrons. The normalized spacial score (nSPS) is 12.9. The number of benzene rings is 1. The Labute approximate surface area is 105 Å². The number of aryl methyl sites for hydroxylation is 2. The van der Waals surface area contributed by atoms with Gasteiger partial charge >= 0.3 is 0 Å². The average Bonchev–Trinajstić information content (AvgIpc) is 2.15. The maximum Gasteiger partial charge on any atom is 0.125 e. The van der Waals surface area contributed by atoms with Gasteiger partial charge in [-0.3, -0.25) is 0 Å². The Bertz CT molecular complexity index is 371. The molecule has 0 heterocycles. The van der Waals surface area contributed by atoms with Gasteiger partial charge in [0.15, 0.2) is 0 Å². The van der Waals surface area contributed by atoms with Gasteiger partial charge in [-0.2, -0.15) is 0 Å².